The van der Waals surface area contributed by atoms with Crippen molar-refractivity contribution in [2.24, 2.45) is 0 Å². The summed E-state index contributed by atoms with van der Waals surface area (Å²) >= 11 is -16.1. The van der Waals surface area contributed by atoms with E-state index in [0.29, 0.717) is 0 Å². The molecule has 112 valence electrons. The quantitative estimate of drug-likeness (QED) is 0.162. The van der Waals surface area contributed by atoms with Crippen molar-refractivity contribution in [3.05, 3.63) is 0 Å². The van der Waals surface area contributed by atoms with Gasteiger partial charge in [-0.2, -0.15) is 0 Å². The summed E-state index contributed by atoms with van der Waals surface area (Å²) in [5.74, 6) is 0. The van der Waals surface area contributed by atoms with Crippen molar-refractivity contribution in [2.45, 2.75) is 0 Å². The summed E-state index contributed by atoms with van der Waals surface area (Å²) in [6.07, 6.45) is 0. The molecule has 0 aliphatic heterocycles. The summed E-state index contributed by atoms with van der Waals surface area (Å²) in [6, 6.07) is 0. The molecule has 0 heterocycles. The minimum atomic E-state index is -4.01. The molecule has 18 heavy (non-hydrogen) atoms. The van der Waals surface area contributed by atoms with Gasteiger partial charge in [-0.15, -0.1) is 0 Å². The van der Waals surface area contributed by atoms with E-state index in [-0.39, 0.29) is 51.9 Å². The fourth-order valence-corrected chi connectivity index (χ4v) is 0. The Kier molecular flexibility index (Phi) is 69.6. The number of hydrogen-bond donors (Lipinski definition) is 0. The second kappa shape index (κ2) is 32.9. The van der Waals surface area contributed by atoms with Crippen LogP contribution >= 0.6 is 0 Å². The van der Waals surface area contributed by atoms with E-state index in [9.17, 15) is 0 Å². The normalized spacial score (nSPS) is 8.00. The molecular weight excluding hydrogens is 920 g/mol. The Balaban J connectivity index is -0.0000000257. The first kappa shape index (κ1) is 38.0. The summed E-state index contributed by atoms with van der Waals surface area (Å²) in [4.78, 5) is 0. The van der Waals surface area contributed by atoms with Crippen molar-refractivity contribution in [3.63, 3.8) is 0 Å². The summed E-state index contributed by atoms with van der Waals surface area (Å²) in [5, 5.41) is 0. The van der Waals surface area contributed by atoms with Crippen LogP contribution in [0.25, 0.3) is 0 Å². The summed E-state index contributed by atoms with van der Waals surface area (Å²) in [7, 11) is 0. The topological polar surface area (TPSA) is 277 Å². The van der Waals surface area contributed by atoms with Crippen molar-refractivity contribution in [2.75, 3.05) is 0 Å². The summed E-state index contributed by atoms with van der Waals surface area (Å²) < 4.78 is 103. The smallest absolute Gasteiger partial charge is 0.427 e. The first-order chi connectivity index (χ1) is 6.93. The van der Waals surface area contributed by atoms with Crippen LogP contribution in [0, 0.1) is 0 Å². The van der Waals surface area contributed by atoms with Gasteiger partial charge in [-0.3, -0.25) is 0 Å². The van der Waals surface area contributed by atoms with E-state index >= 15 is 0 Å². The third-order valence-corrected chi connectivity index (χ3v) is 0. The minimum Gasteiger partial charge on any atom is -0.427 e. The number of halogens is 4. The Bertz CT molecular complexity index is 67.1. The number of rotatable bonds is 0. The van der Waals surface area contributed by atoms with Crippen molar-refractivity contribution in [1.82, 2.24) is 0 Å². The van der Waals surface area contributed by atoms with Gasteiger partial charge in [0.25, 0.3) is 84.3 Å². The zero-order chi connectivity index (χ0) is 14.3. The molecule has 0 N–H and O–H groups in total. The average molecular weight is 920 g/mol. The molecule has 0 unspecified atom stereocenters. The standard InChI is InChI=1S/Au.4IO3.Na/c;4*2-1(3)4;/q+3;4*-1;+1. The fourth-order valence-electron chi connectivity index (χ4n) is 0. The molecule has 0 fully saturated rings. The first-order valence-electron chi connectivity index (χ1n) is 1.85. The van der Waals surface area contributed by atoms with E-state index in [4.69, 9.17) is 41.2 Å². The van der Waals surface area contributed by atoms with Crippen LogP contribution in [0.5, 0.6) is 0 Å². The maximum atomic E-state index is 8.57. The van der Waals surface area contributed by atoms with Gasteiger partial charge in [0.2, 0.25) is 0 Å². The van der Waals surface area contributed by atoms with Gasteiger partial charge in [-0.1, -0.05) is 0 Å². The van der Waals surface area contributed by atoms with Crippen LogP contribution in [0.2, 0.25) is 0 Å². The van der Waals surface area contributed by atoms with E-state index in [2.05, 4.69) is 0 Å². The zero-order valence-electron chi connectivity index (χ0n) is 7.71. The Morgan fingerprint density at radius 1 is 0.333 bits per heavy atom. The van der Waals surface area contributed by atoms with Gasteiger partial charge >= 0.3 is 51.9 Å². The van der Waals surface area contributed by atoms with Gasteiger partial charge in [0, 0.05) is 0 Å². The largest absolute Gasteiger partial charge is 3.00 e. The molecule has 0 atom stereocenters. The van der Waals surface area contributed by atoms with Crippen molar-refractivity contribution >= 4 is 0 Å². The van der Waals surface area contributed by atoms with Gasteiger partial charge < -0.3 is 41.2 Å². The molecule has 0 aliphatic rings. The van der Waals surface area contributed by atoms with E-state index < -0.39 is 84.3 Å². The first-order valence-corrected chi connectivity index (χ1v) is 12.4. The number of hydrogen-bond acceptors (Lipinski definition) is 12. The molecule has 0 saturated carbocycles. The predicted molar refractivity (Wildman–Crippen MR) is 0 cm³/mol. The Morgan fingerprint density at radius 2 is 0.333 bits per heavy atom. The third kappa shape index (κ3) is 425. The van der Waals surface area contributed by atoms with Crippen molar-refractivity contribution in [1.29, 1.82) is 0 Å². The van der Waals surface area contributed by atoms with Gasteiger partial charge in [0.15, 0.2) is 0 Å². The Hall–Kier alpha value is 4.18. The molecule has 0 rings (SSSR count). The van der Waals surface area contributed by atoms with Crippen LogP contribution in [0.4, 0.5) is 0 Å². The van der Waals surface area contributed by atoms with Gasteiger partial charge in [-0.25, -0.2) is 0 Å². The average Bonchev–Trinajstić information content (AvgIpc) is 1.76. The molecule has 0 spiro atoms. The van der Waals surface area contributed by atoms with Crippen LogP contribution in [-0.4, -0.2) is 0 Å². The second-order valence-corrected chi connectivity index (χ2v) is 5.07. The molecule has 0 saturated heterocycles. The minimum absolute atomic E-state index is 0. The fraction of sp³-hybridized carbons (Fsp3) is 0. The monoisotopic (exact) mass is 920 g/mol. The van der Waals surface area contributed by atoms with Crippen LogP contribution in [0.1, 0.15) is 0 Å². The zero-order valence-corrected chi connectivity index (χ0v) is 20.5. The van der Waals surface area contributed by atoms with E-state index in [1.54, 1.807) is 0 Å². The summed E-state index contributed by atoms with van der Waals surface area (Å²) in [6.45, 7) is 0. The van der Waals surface area contributed by atoms with Gasteiger partial charge in [0.05, 0.1) is 0 Å². The second-order valence-electron chi connectivity index (χ2n) is 0.756. The van der Waals surface area contributed by atoms with E-state index in [1.165, 1.54) is 0 Å². The molecular formula is AuI4NaO12. The molecule has 0 aromatic carbocycles. The molecule has 18 heteroatoms. The van der Waals surface area contributed by atoms with E-state index in [0.717, 1.165) is 0 Å². The molecule has 0 aromatic heterocycles. The van der Waals surface area contributed by atoms with Crippen LogP contribution in [0.15, 0.2) is 0 Å². The Morgan fingerprint density at radius 3 is 0.333 bits per heavy atom. The Labute approximate surface area is 174 Å². The van der Waals surface area contributed by atoms with Gasteiger partial charge in [-0.05, 0) is 0 Å². The maximum Gasteiger partial charge on any atom is 3.00 e. The van der Waals surface area contributed by atoms with Crippen LogP contribution in [-0.2, 0) is 22.4 Å². The molecule has 0 bridgehead atoms. The molecule has 0 aliphatic carbocycles. The summed E-state index contributed by atoms with van der Waals surface area (Å²) in [5.41, 5.74) is 0. The van der Waals surface area contributed by atoms with E-state index in [1.807, 2.05) is 0 Å². The van der Waals surface area contributed by atoms with Crippen molar-refractivity contribution in [3.8, 4) is 0 Å². The van der Waals surface area contributed by atoms with Crippen LogP contribution < -0.4 is 155 Å². The van der Waals surface area contributed by atoms with Crippen molar-refractivity contribution < 1.29 is 177 Å². The molecule has 12 nitrogen and oxygen atoms in total. The SMILES string of the molecule is [Au+3].[Na+].[O-][I+2]([O-])[O-].[O-][I+2]([O-])[O-].[O-][I+2]([O-])[O-].[O-][I+2]([O-])[O-]. The molecule has 0 amide bonds. The molecule has 0 aromatic rings. The van der Waals surface area contributed by atoms with Crippen LogP contribution in [0.3, 0.4) is 0 Å². The third-order valence-electron chi connectivity index (χ3n) is 0. The maximum absolute atomic E-state index is 8.57. The predicted octanol–water partition coefficient (Wildman–Crippen LogP) is -29.3. The van der Waals surface area contributed by atoms with Gasteiger partial charge in [0.1, 0.15) is 0 Å². The molecule has 0 radical (unpaired) electrons.